The summed E-state index contributed by atoms with van der Waals surface area (Å²) in [5.74, 6) is -0.785. The monoisotopic (exact) mass is 267 g/mol. The molecule has 1 aliphatic heterocycles. The summed E-state index contributed by atoms with van der Waals surface area (Å²) in [7, 11) is 0. The lowest BCUT2D eigenvalue weighted by molar-refractivity contribution is -0.461. The molecule has 9 heteroatoms. The van der Waals surface area contributed by atoms with Gasteiger partial charge in [-0.15, -0.1) is 8.78 Å². The van der Waals surface area contributed by atoms with Crippen molar-refractivity contribution in [2.75, 3.05) is 5.32 Å². The Labute approximate surface area is 96.9 Å². The van der Waals surface area contributed by atoms with Crippen molar-refractivity contribution < 1.29 is 36.9 Å². The fourth-order valence-electron chi connectivity index (χ4n) is 1.40. The third-order valence-corrected chi connectivity index (χ3v) is 2.02. The maximum Gasteiger partial charge on any atom is 0.540 e. The Balaban J connectivity index is 2.43. The molecule has 98 valence electrons. The van der Waals surface area contributed by atoms with Gasteiger partial charge in [0.15, 0.2) is 0 Å². The van der Waals surface area contributed by atoms with Crippen molar-refractivity contribution in [3.63, 3.8) is 0 Å². The number of rotatable bonds is 1. The summed E-state index contributed by atoms with van der Waals surface area (Å²) in [5, 5.41) is 10.2. The fourth-order valence-corrected chi connectivity index (χ4v) is 1.40. The minimum absolute atomic E-state index is 0.224. The summed E-state index contributed by atoms with van der Waals surface area (Å²) in [6.45, 7) is 0. The zero-order valence-electron chi connectivity index (χ0n) is 8.42. The second kappa shape index (κ2) is 3.73. The lowest BCUT2D eigenvalue weighted by Crippen LogP contribution is -2.41. The lowest BCUT2D eigenvalue weighted by atomic mass is 10.1. The largest absolute Gasteiger partial charge is 0.540 e. The van der Waals surface area contributed by atoms with E-state index >= 15 is 0 Å². The van der Waals surface area contributed by atoms with Crippen LogP contribution in [0.15, 0.2) is 18.2 Å². The van der Waals surface area contributed by atoms with Crippen LogP contribution in [0.25, 0.3) is 0 Å². The molecule has 2 N–H and O–H groups in total. The number of alkyl halides is 4. The lowest BCUT2D eigenvalue weighted by Gasteiger charge is -2.30. The van der Waals surface area contributed by atoms with E-state index in [4.69, 9.17) is 5.11 Å². The van der Waals surface area contributed by atoms with Crippen LogP contribution in [-0.2, 0) is 10.8 Å². The molecule has 0 fully saturated rings. The molecule has 18 heavy (non-hydrogen) atoms. The molecule has 2 rings (SSSR count). The number of anilines is 1. The highest BCUT2D eigenvalue weighted by Crippen LogP contribution is 2.46. The van der Waals surface area contributed by atoms with Crippen LogP contribution in [0.2, 0.25) is 0 Å². The van der Waals surface area contributed by atoms with Crippen molar-refractivity contribution in [3.8, 4) is 5.75 Å². The Hall–Kier alpha value is -2.03. The first-order chi connectivity index (χ1) is 8.20. The molecule has 5 nitrogen and oxygen atoms in total. The van der Waals surface area contributed by atoms with Gasteiger partial charge in [0.05, 0.1) is 5.56 Å². The Morgan fingerprint density at radius 1 is 1.28 bits per heavy atom. The number of ether oxygens (including phenoxy) is 2. The Kier molecular flexibility index (Phi) is 2.58. The number of amides is 1. The topological polar surface area (TPSA) is 67.8 Å². The standard InChI is InChI=1S/C9H5F4NO4/c10-8(11)5-3-4(14-7(15)16)1-2-6(5)17-9(12,13)18-8/h1-3,14H,(H,15,16). The number of carboxylic acid groups (broad SMARTS) is 1. The average molecular weight is 267 g/mol. The first kappa shape index (κ1) is 12.4. The van der Waals surface area contributed by atoms with E-state index in [0.29, 0.717) is 6.07 Å². The SMILES string of the molecule is O=C(O)Nc1ccc2c(c1)C(F)(F)OC(F)(F)O2. The molecular formula is C9H5F4NO4. The highest BCUT2D eigenvalue weighted by molar-refractivity contribution is 5.83. The van der Waals surface area contributed by atoms with Crippen LogP contribution in [0, 0.1) is 0 Å². The summed E-state index contributed by atoms with van der Waals surface area (Å²) < 4.78 is 58.9. The Morgan fingerprint density at radius 2 is 1.94 bits per heavy atom. The van der Waals surface area contributed by atoms with E-state index in [1.165, 1.54) is 0 Å². The van der Waals surface area contributed by atoms with Gasteiger partial charge in [0.1, 0.15) is 5.75 Å². The number of hydrogen-bond donors (Lipinski definition) is 2. The molecule has 0 unspecified atom stereocenters. The third-order valence-electron chi connectivity index (χ3n) is 2.02. The minimum Gasteiger partial charge on any atom is -0.465 e. The second-order valence-corrected chi connectivity index (χ2v) is 3.33. The number of fused-ring (bicyclic) bond motifs is 1. The van der Waals surface area contributed by atoms with Crippen LogP contribution in [0.5, 0.6) is 5.75 Å². The zero-order valence-corrected chi connectivity index (χ0v) is 8.42. The van der Waals surface area contributed by atoms with E-state index in [-0.39, 0.29) is 5.69 Å². The summed E-state index contributed by atoms with van der Waals surface area (Å²) in [6.07, 6.45) is -10.2. The van der Waals surface area contributed by atoms with Gasteiger partial charge in [-0.25, -0.2) is 9.53 Å². The smallest absolute Gasteiger partial charge is 0.465 e. The van der Waals surface area contributed by atoms with Crippen LogP contribution >= 0.6 is 0 Å². The second-order valence-electron chi connectivity index (χ2n) is 3.33. The molecule has 0 bridgehead atoms. The van der Waals surface area contributed by atoms with Crippen LogP contribution in [-0.4, -0.2) is 17.5 Å². The van der Waals surface area contributed by atoms with Gasteiger partial charge in [0.25, 0.3) is 0 Å². The van der Waals surface area contributed by atoms with Crippen molar-refractivity contribution in [2.45, 2.75) is 12.4 Å². The molecule has 0 atom stereocenters. The van der Waals surface area contributed by atoms with Crippen molar-refractivity contribution in [3.05, 3.63) is 23.8 Å². The highest BCUT2D eigenvalue weighted by atomic mass is 19.3. The van der Waals surface area contributed by atoms with E-state index in [2.05, 4.69) is 9.47 Å². The predicted molar refractivity (Wildman–Crippen MR) is 48.6 cm³/mol. The molecular weight excluding hydrogens is 262 g/mol. The normalized spacial score (nSPS) is 19.6. The Morgan fingerprint density at radius 3 is 2.56 bits per heavy atom. The molecule has 0 spiro atoms. The van der Waals surface area contributed by atoms with Gasteiger partial charge in [0, 0.05) is 5.69 Å². The maximum atomic E-state index is 13.3. The quantitative estimate of drug-likeness (QED) is 0.768. The Bertz CT molecular complexity index is 505. The molecule has 1 aromatic rings. The third kappa shape index (κ3) is 2.30. The van der Waals surface area contributed by atoms with Crippen LogP contribution in [0.4, 0.5) is 28.0 Å². The van der Waals surface area contributed by atoms with E-state index in [1.54, 1.807) is 5.32 Å². The van der Waals surface area contributed by atoms with Gasteiger partial charge in [-0.2, -0.15) is 8.78 Å². The molecule has 0 radical (unpaired) electrons. The first-order valence-electron chi connectivity index (χ1n) is 4.49. The minimum atomic E-state index is -4.45. The van der Waals surface area contributed by atoms with Gasteiger partial charge in [-0.3, -0.25) is 5.32 Å². The van der Waals surface area contributed by atoms with Gasteiger partial charge in [-0.1, -0.05) is 0 Å². The molecule has 0 aliphatic carbocycles. The van der Waals surface area contributed by atoms with E-state index < -0.39 is 29.8 Å². The molecule has 0 aromatic heterocycles. The van der Waals surface area contributed by atoms with Crippen molar-refractivity contribution in [2.24, 2.45) is 0 Å². The van der Waals surface area contributed by atoms with Gasteiger partial charge >= 0.3 is 18.5 Å². The van der Waals surface area contributed by atoms with E-state index in [9.17, 15) is 22.4 Å². The van der Waals surface area contributed by atoms with Crippen LogP contribution in [0.3, 0.4) is 0 Å². The van der Waals surface area contributed by atoms with Gasteiger partial charge < -0.3 is 9.84 Å². The summed E-state index contributed by atoms with van der Waals surface area (Å²) >= 11 is 0. The van der Waals surface area contributed by atoms with Gasteiger partial charge in [-0.05, 0) is 18.2 Å². The molecule has 1 amide bonds. The zero-order chi connectivity index (χ0) is 13.6. The number of nitrogens with one attached hydrogen (secondary N) is 1. The predicted octanol–water partition coefficient (Wildman–Crippen LogP) is 2.79. The number of halogens is 4. The summed E-state index contributed by atoms with van der Waals surface area (Å²) in [6, 6.07) is 2.45. The number of benzene rings is 1. The maximum absolute atomic E-state index is 13.3. The summed E-state index contributed by atoms with van der Waals surface area (Å²) in [5.41, 5.74) is -1.21. The summed E-state index contributed by atoms with van der Waals surface area (Å²) in [4.78, 5) is 10.3. The number of hydrogen-bond acceptors (Lipinski definition) is 3. The van der Waals surface area contributed by atoms with Crippen LogP contribution < -0.4 is 10.1 Å². The molecule has 1 aromatic carbocycles. The van der Waals surface area contributed by atoms with Gasteiger partial charge in [0.2, 0.25) is 0 Å². The van der Waals surface area contributed by atoms with E-state index in [0.717, 1.165) is 12.1 Å². The molecule has 1 aliphatic rings. The highest BCUT2D eigenvalue weighted by Gasteiger charge is 2.54. The van der Waals surface area contributed by atoms with Crippen LogP contribution in [0.1, 0.15) is 5.56 Å². The first-order valence-corrected chi connectivity index (χ1v) is 4.49. The molecule has 0 saturated heterocycles. The van der Waals surface area contributed by atoms with Crippen molar-refractivity contribution in [1.29, 1.82) is 0 Å². The fraction of sp³-hybridized carbons (Fsp3) is 0.222. The average Bonchev–Trinajstić information content (AvgIpc) is 2.15. The molecule has 0 saturated carbocycles. The molecule has 1 heterocycles. The van der Waals surface area contributed by atoms with E-state index in [1.807, 2.05) is 0 Å². The van der Waals surface area contributed by atoms with Crippen molar-refractivity contribution in [1.82, 2.24) is 0 Å². The van der Waals surface area contributed by atoms with Crippen molar-refractivity contribution >= 4 is 11.8 Å². The number of carbonyl (C=O) groups is 1.